The Balaban J connectivity index is 1.00. The molecule has 0 aliphatic heterocycles. The molecular formula is C42H72N2O6. The Hall–Kier alpha value is -1.54. The molecule has 0 aromatic carbocycles. The third-order valence-corrected chi connectivity index (χ3v) is 14.3. The number of hydrogen-bond acceptors (Lipinski definition) is 8. The van der Waals surface area contributed by atoms with Crippen molar-refractivity contribution >= 4 is 12.3 Å². The maximum absolute atomic E-state index is 12.5. The second-order valence-electron chi connectivity index (χ2n) is 17.5. The van der Waals surface area contributed by atoms with Gasteiger partial charge in [-0.05, 0) is 127 Å². The Morgan fingerprint density at radius 2 is 0.920 bits per heavy atom. The molecule has 6 saturated carbocycles. The van der Waals surface area contributed by atoms with Gasteiger partial charge in [-0.2, -0.15) is 0 Å². The lowest BCUT2D eigenvalue weighted by atomic mass is 9.70. The van der Waals surface area contributed by atoms with Gasteiger partial charge in [0.15, 0.2) is 0 Å². The molecule has 0 N–H and O–H groups in total. The summed E-state index contributed by atoms with van der Waals surface area (Å²) in [7, 11) is 1.26. The van der Waals surface area contributed by atoms with Gasteiger partial charge in [0.05, 0.1) is 7.11 Å². The van der Waals surface area contributed by atoms with E-state index in [9.17, 15) is 9.59 Å². The lowest BCUT2D eigenvalue weighted by Crippen LogP contribution is -2.54. The van der Waals surface area contributed by atoms with Crippen LogP contribution < -0.4 is 0 Å². The number of ether oxygens (including phenoxy) is 4. The first kappa shape index (κ1) is 38.2. The average molecular weight is 701 g/mol. The van der Waals surface area contributed by atoms with Gasteiger partial charge in [-0.1, -0.05) is 58.3 Å². The summed E-state index contributed by atoms with van der Waals surface area (Å²) in [5.41, 5.74) is 0. The predicted octanol–water partition coefficient (Wildman–Crippen LogP) is 10.2. The fourth-order valence-corrected chi connectivity index (χ4v) is 11.9. The van der Waals surface area contributed by atoms with Gasteiger partial charge in [0.1, 0.15) is 19.3 Å². The number of nitrogens with zero attached hydrogens (tertiary/aromatic N) is 2. The van der Waals surface area contributed by atoms with E-state index in [0.717, 1.165) is 55.1 Å². The molecule has 0 bridgehead atoms. The van der Waals surface area contributed by atoms with Gasteiger partial charge in [0, 0.05) is 42.7 Å². The molecule has 6 fully saturated rings. The largest absolute Gasteiger partial charge is 0.508 e. The van der Waals surface area contributed by atoms with Crippen molar-refractivity contribution in [1.82, 2.24) is 9.80 Å². The Bertz CT molecular complexity index is 1010. The van der Waals surface area contributed by atoms with Gasteiger partial charge in [-0.25, -0.2) is 9.59 Å². The third kappa shape index (κ3) is 10.5. The van der Waals surface area contributed by atoms with Crippen LogP contribution in [0.5, 0.6) is 0 Å². The SMILES string of the molecule is COC(=O)OCCOC(=O)OC1CCCC(N(C2CCCCC2)C2CCC(C3CCC(N(C4CCCCC4)C4CCCC(C)C4)CC3)CC2)C1. The highest BCUT2D eigenvalue weighted by molar-refractivity contribution is 5.60. The number of hydrogen-bond donors (Lipinski definition) is 0. The van der Waals surface area contributed by atoms with Crippen LogP contribution in [0.15, 0.2) is 0 Å². The van der Waals surface area contributed by atoms with Crippen molar-refractivity contribution in [1.29, 1.82) is 0 Å². The molecule has 8 nitrogen and oxygen atoms in total. The summed E-state index contributed by atoms with van der Waals surface area (Å²) in [6, 6.07) is 4.40. The quantitative estimate of drug-likeness (QED) is 0.156. The number of carbonyl (C=O) groups excluding carboxylic acids is 2. The first-order valence-corrected chi connectivity index (χ1v) is 21.6. The van der Waals surface area contributed by atoms with E-state index in [0.29, 0.717) is 18.1 Å². The van der Waals surface area contributed by atoms with Crippen molar-refractivity contribution in [3.63, 3.8) is 0 Å². The van der Waals surface area contributed by atoms with E-state index in [4.69, 9.17) is 14.2 Å². The van der Waals surface area contributed by atoms with Crippen LogP contribution in [0, 0.1) is 17.8 Å². The molecule has 4 unspecified atom stereocenters. The summed E-state index contributed by atoms with van der Waals surface area (Å²) in [5, 5.41) is 0. The lowest BCUT2D eigenvalue weighted by molar-refractivity contribution is -0.0398. The molecule has 6 aliphatic rings. The average Bonchev–Trinajstić information content (AvgIpc) is 3.15. The van der Waals surface area contributed by atoms with Gasteiger partial charge >= 0.3 is 12.3 Å². The van der Waals surface area contributed by atoms with E-state index in [-0.39, 0.29) is 19.3 Å². The molecule has 0 saturated heterocycles. The zero-order chi connectivity index (χ0) is 34.7. The van der Waals surface area contributed by atoms with Crippen molar-refractivity contribution in [3.05, 3.63) is 0 Å². The van der Waals surface area contributed by atoms with Crippen molar-refractivity contribution in [2.24, 2.45) is 17.8 Å². The van der Waals surface area contributed by atoms with Gasteiger partial charge in [-0.15, -0.1) is 0 Å². The molecule has 0 aromatic rings. The maximum atomic E-state index is 12.5. The highest BCUT2D eigenvalue weighted by Gasteiger charge is 2.42. The standard InChI is InChI=1S/C42H72N2O6/c1-31-11-9-16-38(29-31)43(34-12-5-3-6-13-34)36-23-19-32(20-24-36)33-21-25-37(26-22-33)44(35-14-7-4-8-15-35)39-17-10-18-40(30-39)50-42(46)49-28-27-48-41(45)47-2/h31-40H,3-30H2,1-2H3. The predicted molar refractivity (Wildman–Crippen MR) is 197 cm³/mol. The highest BCUT2D eigenvalue weighted by atomic mass is 16.7. The number of rotatable bonds is 11. The summed E-state index contributed by atoms with van der Waals surface area (Å²) in [6.45, 7) is 2.45. The lowest BCUT2D eigenvalue weighted by Gasteiger charge is -2.51. The topological polar surface area (TPSA) is 77.5 Å². The summed E-state index contributed by atoms with van der Waals surface area (Å²) >= 11 is 0. The van der Waals surface area contributed by atoms with Crippen LogP contribution >= 0.6 is 0 Å². The molecule has 286 valence electrons. The van der Waals surface area contributed by atoms with E-state index >= 15 is 0 Å². The zero-order valence-electron chi connectivity index (χ0n) is 31.9. The van der Waals surface area contributed by atoms with Crippen LogP contribution in [-0.4, -0.2) is 84.8 Å². The molecule has 4 atom stereocenters. The maximum Gasteiger partial charge on any atom is 0.508 e. The molecule has 0 heterocycles. The molecule has 0 spiro atoms. The Morgan fingerprint density at radius 3 is 1.42 bits per heavy atom. The van der Waals surface area contributed by atoms with Crippen LogP contribution in [0.4, 0.5) is 9.59 Å². The fraction of sp³-hybridized carbons (Fsp3) is 0.952. The third-order valence-electron chi connectivity index (χ3n) is 14.3. The minimum atomic E-state index is -0.776. The van der Waals surface area contributed by atoms with Crippen molar-refractivity contribution in [2.45, 2.75) is 216 Å². The smallest absolute Gasteiger partial charge is 0.438 e. The molecular weight excluding hydrogens is 628 g/mol. The van der Waals surface area contributed by atoms with Crippen LogP contribution in [0.3, 0.4) is 0 Å². The zero-order valence-corrected chi connectivity index (χ0v) is 31.9. The number of carbonyl (C=O) groups is 2. The van der Waals surface area contributed by atoms with Gasteiger partial charge in [0.2, 0.25) is 0 Å². The van der Waals surface area contributed by atoms with Crippen LogP contribution in [-0.2, 0) is 18.9 Å². The van der Waals surface area contributed by atoms with Crippen molar-refractivity contribution < 1.29 is 28.5 Å². The monoisotopic (exact) mass is 701 g/mol. The second kappa shape index (κ2) is 19.5. The highest BCUT2D eigenvalue weighted by Crippen LogP contribution is 2.45. The first-order valence-electron chi connectivity index (χ1n) is 21.6. The Kier molecular flexibility index (Phi) is 14.9. The molecule has 50 heavy (non-hydrogen) atoms. The normalized spacial score (nSPS) is 35.0. The Morgan fingerprint density at radius 1 is 0.480 bits per heavy atom. The van der Waals surface area contributed by atoms with Gasteiger partial charge in [0.25, 0.3) is 0 Å². The molecule has 6 rings (SSSR count). The molecule has 0 amide bonds. The van der Waals surface area contributed by atoms with E-state index in [2.05, 4.69) is 21.5 Å². The van der Waals surface area contributed by atoms with Crippen LogP contribution in [0.25, 0.3) is 0 Å². The fourth-order valence-electron chi connectivity index (χ4n) is 11.9. The second-order valence-corrected chi connectivity index (χ2v) is 17.5. The van der Waals surface area contributed by atoms with Crippen molar-refractivity contribution in [2.75, 3.05) is 20.3 Å². The van der Waals surface area contributed by atoms with E-state index < -0.39 is 12.3 Å². The minimum Gasteiger partial charge on any atom is -0.438 e. The van der Waals surface area contributed by atoms with Gasteiger partial charge in [-0.3, -0.25) is 9.80 Å². The molecule has 6 aliphatic carbocycles. The van der Waals surface area contributed by atoms with E-state index in [1.807, 2.05) is 0 Å². The van der Waals surface area contributed by atoms with Gasteiger partial charge < -0.3 is 18.9 Å². The first-order chi connectivity index (χ1) is 24.5. The van der Waals surface area contributed by atoms with Crippen molar-refractivity contribution in [3.8, 4) is 0 Å². The molecule has 8 heteroatoms. The molecule has 0 aromatic heterocycles. The Labute approximate surface area is 304 Å². The summed E-state index contributed by atoms with van der Waals surface area (Å²) in [6.07, 6.45) is 33.7. The van der Waals surface area contributed by atoms with Crippen LogP contribution in [0.1, 0.15) is 174 Å². The molecule has 0 radical (unpaired) electrons. The van der Waals surface area contributed by atoms with E-state index in [1.165, 1.54) is 155 Å². The minimum absolute atomic E-state index is 0.0260. The van der Waals surface area contributed by atoms with Crippen LogP contribution in [0.2, 0.25) is 0 Å². The van der Waals surface area contributed by atoms with E-state index in [1.54, 1.807) is 0 Å². The summed E-state index contributed by atoms with van der Waals surface area (Å²) < 4.78 is 20.3. The number of methoxy groups -OCH3 is 1. The summed E-state index contributed by atoms with van der Waals surface area (Å²) in [5.74, 6) is 2.76. The summed E-state index contributed by atoms with van der Waals surface area (Å²) in [4.78, 5) is 29.8.